The fourth-order valence-corrected chi connectivity index (χ4v) is 1.41. The summed E-state index contributed by atoms with van der Waals surface area (Å²) in [6, 6.07) is 0.241. The van der Waals surface area contributed by atoms with E-state index in [9.17, 15) is 4.39 Å². The Bertz CT molecular complexity index is 80.1. The molecule has 0 aromatic rings. The fraction of sp³-hybridized carbons (Fsp3) is 1.00. The van der Waals surface area contributed by atoms with Gasteiger partial charge in [0, 0.05) is 18.5 Å². The van der Waals surface area contributed by atoms with Crippen molar-refractivity contribution in [3.63, 3.8) is 0 Å². The average Bonchev–Trinajstić information content (AvgIpc) is 2.18. The van der Waals surface area contributed by atoms with Gasteiger partial charge in [0.2, 0.25) is 0 Å². The molecular formula is C5H8FN. The van der Waals surface area contributed by atoms with E-state index in [1.807, 2.05) is 0 Å². The third-order valence-corrected chi connectivity index (χ3v) is 2.03. The van der Waals surface area contributed by atoms with E-state index in [4.69, 9.17) is 0 Å². The maximum atomic E-state index is 12.3. The van der Waals surface area contributed by atoms with Gasteiger partial charge in [0.25, 0.3) is 0 Å². The lowest BCUT2D eigenvalue weighted by Crippen LogP contribution is -2.38. The standard InChI is InChI=1S/C5H8FN/c6-5-3-1-4(5)7-2-3/h3-5,7H,1-2H2/t3-,4-,5+/m1/s1. The summed E-state index contributed by atoms with van der Waals surface area (Å²) in [6.07, 6.45) is 0.584. The van der Waals surface area contributed by atoms with Crippen molar-refractivity contribution >= 4 is 0 Å². The monoisotopic (exact) mass is 101 g/mol. The summed E-state index contributed by atoms with van der Waals surface area (Å²) in [7, 11) is 0. The molecule has 3 rings (SSSR count). The zero-order chi connectivity index (χ0) is 4.85. The lowest BCUT2D eigenvalue weighted by atomic mass is 9.84. The van der Waals surface area contributed by atoms with E-state index in [0.717, 1.165) is 13.0 Å². The summed E-state index contributed by atoms with van der Waals surface area (Å²) in [5, 5.41) is 3.07. The first-order valence-corrected chi connectivity index (χ1v) is 2.75. The number of hydrogen-bond acceptors (Lipinski definition) is 1. The lowest BCUT2D eigenvalue weighted by Gasteiger charge is -2.26. The molecule has 1 nitrogen and oxygen atoms in total. The molecule has 2 heteroatoms. The highest BCUT2D eigenvalue weighted by Crippen LogP contribution is 2.35. The van der Waals surface area contributed by atoms with E-state index in [1.54, 1.807) is 0 Å². The van der Waals surface area contributed by atoms with Crippen molar-refractivity contribution in [1.29, 1.82) is 0 Å². The number of alkyl halides is 1. The summed E-state index contributed by atoms with van der Waals surface area (Å²) >= 11 is 0. The van der Waals surface area contributed by atoms with Crippen LogP contribution in [0.3, 0.4) is 0 Å². The Labute approximate surface area is 41.9 Å². The minimum atomic E-state index is -0.500. The molecule has 3 atom stereocenters. The van der Waals surface area contributed by atoms with Crippen LogP contribution in [0.15, 0.2) is 0 Å². The highest BCUT2D eigenvalue weighted by molar-refractivity contribution is 5.02. The third-order valence-electron chi connectivity index (χ3n) is 2.03. The summed E-state index contributed by atoms with van der Waals surface area (Å²) in [5.74, 6) is 0.380. The third kappa shape index (κ3) is 0.312. The number of fused-ring (bicyclic) bond motifs is 1. The van der Waals surface area contributed by atoms with Gasteiger partial charge in [-0.25, -0.2) is 4.39 Å². The van der Waals surface area contributed by atoms with Gasteiger partial charge in [-0.1, -0.05) is 0 Å². The van der Waals surface area contributed by atoms with Crippen LogP contribution in [-0.2, 0) is 0 Å². The largest absolute Gasteiger partial charge is 0.311 e. The summed E-state index contributed by atoms with van der Waals surface area (Å²) < 4.78 is 12.3. The van der Waals surface area contributed by atoms with Crippen LogP contribution in [0.5, 0.6) is 0 Å². The maximum Gasteiger partial charge on any atom is 0.119 e. The first-order valence-electron chi connectivity index (χ1n) is 2.75. The summed E-state index contributed by atoms with van der Waals surface area (Å²) in [5.41, 5.74) is 0. The van der Waals surface area contributed by atoms with E-state index in [2.05, 4.69) is 5.32 Å². The zero-order valence-electron chi connectivity index (χ0n) is 4.02. The predicted molar refractivity (Wildman–Crippen MR) is 24.8 cm³/mol. The SMILES string of the molecule is F[C@H]1[C@H]2CN[C@@H]1C2. The van der Waals surface area contributed by atoms with Gasteiger partial charge in [-0.3, -0.25) is 0 Å². The van der Waals surface area contributed by atoms with Crippen LogP contribution in [0, 0.1) is 5.92 Å². The molecule has 2 bridgehead atoms. The van der Waals surface area contributed by atoms with E-state index >= 15 is 0 Å². The molecule has 2 saturated heterocycles. The molecule has 0 unspecified atom stereocenters. The molecule has 3 fully saturated rings. The lowest BCUT2D eigenvalue weighted by molar-refractivity contribution is 0.141. The van der Waals surface area contributed by atoms with Gasteiger partial charge in [0.05, 0.1) is 0 Å². The molecule has 1 saturated carbocycles. The van der Waals surface area contributed by atoms with Gasteiger partial charge in [0.15, 0.2) is 0 Å². The van der Waals surface area contributed by atoms with Gasteiger partial charge < -0.3 is 5.32 Å². The summed E-state index contributed by atoms with van der Waals surface area (Å²) in [6.45, 7) is 0.922. The van der Waals surface area contributed by atoms with Crippen LogP contribution in [0.1, 0.15) is 6.42 Å². The number of nitrogens with one attached hydrogen (secondary N) is 1. The van der Waals surface area contributed by atoms with Gasteiger partial charge in [-0.15, -0.1) is 0 Å². The topological polar surface area (TPSA) is 12.0 Å². The first-order chi connectivity index (χ1) is 3.38. The molecule has 0 amide bonds. The van der Waals surface area contributed by atoms with Crippen molar-refractivity contribution < 1.29 is 4.39 Å². The number of rotatable bonds is 0. The summed E-state index contributed by atoms with van der Waals surface area (Å²) in [4.78, 5) is 0. The first kappa shape index (κ1) is 3.84. The predicted octanol–water partition coefficient (Wildman–Crippen LogP) is 0.316. The molecule has 2 aliphatic heterocycles. The molecule has 0 aromatic carbocycles. The number of halogens is 1. The van der Waals surface area contributed by atoms with E-state index < -0.39 is 6.17 Å². The molecule has 1 aliphatic carbocycles. The molecule has 40 valence electrons. The second-order valence-electron chi connectivity index (χ2n) is 2.45. The van der Waals surface area contributed by atoms with Crippen LogP contribution >= 0.6 is 0 Å². The van der Waals surface area contributed by atoms with Gasteiger partial charge >= 0.3 is 0 Å². The highest BCUT2D eigenvalue weighted by Gasteiger charge is 2.46. The Hall–Kier alpha value is -0.110. The molecule has 0 radical (unpaired) electrons. The Balaban J connectivity index is 2.14. The smallest absolute Gasteiger partial charge is 0.119 e. The van der Waals surface area contributed by atoms with E-state index in [1.165, 1.54) is 0 Å². The minimum absolute atomic E-state index is 0.241. The van der Waals surface area contributed by atoms with Crippen LogP contribution < -0.4 is 5.32 Å². The van der Waals surface area contributed by atoms with Crippen molar-refractivity contribution in [1.82, 2.24) is 5.32 Å². The van der Waals surface area contributed by atoms with Gasteiger partial charge in [-0.2, -0.15) is 0 Å². The zero-order valence-corrected chi connectivity index (χ0v) is 4.02. The van der Waals surface area contributed by atoms with Crippen LogP contribution in [0.25, 0.3) is 0 Å². The van der Waals surface area contributed by atoms with Crippen LogP contribution in [0.2, 0.25) is 0 Å². The Kier molecular flexibility index (Phi) is 0.546. The van der Waals surface area contributed by atoms with Crippen LogP contribution in [-0.4, -0.2) is 18.8 Å². The Morgan fingerprint density at radius 2 is 2.43 bits per heavy atom. The van der Waals surface area contributed by atoms with Gasteiger partial charge in [-0.05, 0) is 6.42 Å². The maximum absolute atomic E-state index is 12.3. The van der Waals surface area contributed by atoms with Crippen molar-refractivity contribution in [2.75, 3.05) is 6.54 Å². The van der Waals surface area contributed by atoms with E-state index in [-0.39, 0.29) is 6.04 Å². The molecule has 3 aliphatic rings. The van der Waals surface area contributed by atoms with Crippen molar-refractivity contribution in [3.05, 3.63) is 0 Å². The Morgan fingerprint density at radius 1 is 1.57 bits per heavy atom. The fourth-order valence-electron chi connectivity index (χ4n) is 1.41. The highest BCUT2D eigenvalue weighted by atomic mass is 19.1. The second kappa shape index (κ2) is 0.996. The normalized spacial score (nSPS) is 57.0. The van der Waals surface area contributed by atoms with Crippen LogP contribution in [0.4, 0.5) is 4.39 Å². The second-order valence-corrected chi connectivity index (χ2v) is 2.45. The van der Waals surface area contributed by atoms with Crippen molar-refractivity contribution in [2.45, 2.75) is 18.6 Å². The van der Waals surface area contributed by atoms with Crippen molar-refractivity contribution in [3.8, 4) is 0 Å². The Morgan fingerprint density at radius 3 is 2.57 bits per heavy atom. The molecule has 2 heterocycles. The quantitative estimate of drug-likeness (QED) is 0.463. The molecule has 0 spiro atoms. The molecule has 1 N–H and O–H groups in total. The van der Waals surface area contributed by atoms with Gasteiger partial charge in [0.1, 0.15) is 6.17 Å². The molecule has 0 aromatic heterocycles. The molecule has 7 heavy (non-hydrogen) atoms. The number of hydrogen-bond donors (Lipinski definition) is 1. The van der Waals surface area contributed by atoms with E-state index in [0.29, 0.717) is 5.92 Å². The van der Waals surface area contributed by atoms with Crippen molar-refractivity contribution in [2.24, 2.45) is 5.92 Å². The molecular weight excluding hydrogens is 93.1 g/mol. The minimum Gasteiger partial charge on any atom is -0.311 e. The average molecular weight is 101 g/mol.